The zero-order valence-electron chi connectivity index (χ0n) is 17.8. The number of aromatic hydroxyl groups is 1. The minimum absolute atomic E-state index is 0.0533. The maximum atomic E-state index is 12.2. The number of thiazole rings is 1. The smallest absolute Gasteiger partial charge is 0.305 e. The fourth-order valence-electron chi connectivity index (χ4n) is 3.25. The average Bonchev–Trinajstić information content (AvgIpc) is 3.17. The number of sulfone groups is 1. The summed E-state index contributed by atoms with van der Waals surface area (Å²) in [6.07, 6.45) is 1.11. The lowest BCUT2D eigenvalue weighted by Crippen LogP contribution is -2.26. The lowest BCUT2D eigenvalue weighted by Gasteiger charge is -2.09. The number of fused-ring (bicyclic) bond motifs is 1. The first-order chi connectivity index (χ1) is 15.4. The van der Waals surface area contributed by atoms with Crippen molar-refractivity contribution in [2.45, 2.75) is 12.8 Å². The second kappa shape index (κ2) is 12.0. The predicted octanol–water partition coefficient (Wildman–Crippen LogP) is 2.36. The summed E-state index contributed by atoms with van der Waals surface area (Å²) in [5.41, 5.74) is 2.43. The number of anilines is 1. The van der Waals surface area contributed by atoms with E-state index >= 15 is 0 Å². The molecule has 1 heterocycles. The molecular weight excluding hydrogens is 450 g/mol. The third-order valence-electron chi connectivity index (χ3n) is 4.89. The van der Waals surface area contributed by atoms with Gasteiger partial charge in [-0.15, -0.1) is 0 Å². The Morgan fingerprint density at radius 2 is 1.81 bits per heavy atom. The molecular formula is C22H29N3O5S2. The van der Waals surface area contributed by atoms with Crippen molar-refractivity contribution in [2.75, 3.05) is 49.7 Å². The molecule has 10 heteroatoms. The van der Waals surface area contributed by atoms with Gasteiger partial charge >= 0.3 is 4.87 Å². The molecule has 0 atom stereocenters. The van der Waals surface area contributed by atoms with Crippen LogP contribution in [0.25, 0.3) is 10.2 Å². The van der Waals surface area contributed by atoms with Crippen molar-refractivity contribution in [1.29, 1.82) is 0 Å². The molecule has 0 bridgehead atoms. The van der Waals surface area contributed by atoms with Gasteiger partial charge in [0.2, 0.25) is 0 Å². The minimum Gasteiger partial charge on any atom is -0.506 e. The number of benzene rings is 2. The molecule has 0 saturated heterocycles. The van der Waals surface area contributed by atoms with Gasteiger partial charge in [-0.1, -0.05) is 35.6 Å². The van der Waals surface area contributed by atoms with E-state index in [1.165, 1.54) is 0 Å². The van der Waals surface area contributed by atoms with Crippen LogP contribution in [0, 0.1) is 0 Å². The van der Waals surface area contributed by atoms with Gasteiger partial charge in [0.25, 0.3) is 0 Å². The topological polar surface area (TPSA) is 121 Å². The molecule has 0 aliphatic carbocycles. The monoisotopic (exact) mass is 479 g/mol. The minimum atomic E-state index is -3.13. The van der Waals surface area contributed by atoms with Crippen LogP contribution in [-0.4, -0.2) is 62.9 Å². The van der Waals surface area contributed by atoms with Gasteiger partial charge in [-0.2, -0.15) is 0 Å². The van der Waals surface area contributed by atoms with Gasteiger partial charge in [-0.25, -0.2) is 8.42 Å². The number of aromatic amines is 1. The molecule has 0 fully saturated rings. The van der Waals surface area contributed by atoms with Crippen LogP contribution in [-0.2, 0) is 21.0 Å². The number of phenolic OH excluding ortho intramolecular Hbond substituents is 1. The molecule has 0 spiro atoms. The van der Waals surface area contributed by atoms with Crippen LogP contribution < -0.4 is 15.5 Å². The van der Waals surface area contributed by atoms with Crippen LogP contribution in [0.15, 0.2) is 47.3 Å². The normalized spacial score (nSPS) is 11.8. The van der Waals surface area contributed by atoms with E-state index in [0.717, 1.165) is 27.3 Å². The fraction of sp³-hybridized carbons (Fsp3) is 0.409. The SMILES string of the molecule is O=c1[nH]c2c(O)ccc(CCNCCS(=O)(=O)CCCOCCNc3ccccc3)c2s1. The summed E-state index contributed by atoms with van der Waals surface area (Å²) in [6.45, 7) is 2.57. The van der Waals surface area contributed by atoms with E-state index in [4.69, 9.17) is 4.74 Å². The molecule has 0 aliphatic heterocycles. The Hall–Kier alpha value is -2.40. The van der Waals surface area contributed by atoms with Crippen LogP contribution in [0.4, 0.5) is 5.69 Å². The molecule has 174 valence electrons. The van der Waals surface area contributed by atoms with Gasteiger partial charge in [0.05, 0.1) is 22.8 Å². The highest BCUT2D eigenvalue weighted by Crippen LogP contribution is 2.27. The van der Waals surface area contributed by atoms with Crippen molar-refractivity contribution in [3.63, 3.8) is 0 Å². The largest absolute Gasteiger partial charge is 0.506 e. The van der Waals surface area contributed by atoms with Crippen molar-refractivity contribution in [3.05, 3.63) is 57.7 Å². The Labute approximate surface area is 191 Å². The Balaban J connectivity index is 1.26. The van der Waals surface area contributed by atoms with Gasteiger partial charge < -0.3 is 25.5 Å². The number of phenols is 1. The zero-order valence-corrected chi connectivity index (χ0v) is 19.4. The van der Waals surface area contributed by atoms with Crippen molar-refractivity contribution < 1.29 is 18.3 Å². The maximum Gasteiger partial charge on any atom is 0.305 e. The summed E-state index contributed by atoms with van der Waals surface area (Å²) in [5.74, 6) is 0.236. The second-order valence-electron chi connectivity index (χ2n) is 7.37. The highest BCUT2D eigenvalue weighted by molar-refractivity contribution is 7.91. The standard InChI is InChI=1S/C22H29N3O5S2/c26-19-8-7-17(21-20(19)25-22(27)31-21)9-10-23-12-16-32(28,29)15-4-13-30-14-11-24-18-5-2-1-3-6-18/h1-3,5-8,23-24,26H,4,9-16H2,(H,25,27). The van der Waals surface area contributed by atoms with Crippen LogP contribution in [0.2, 0.25) is 0 Å². The van der Waals surface area contributed by atoms with Gasteiger partial charge in [0.1, 0.15) is 11.3 Å². The lowest BCUT2D eigenvalue weighted by atomic mass is 10.1. The number of rotatable bonds is 14. The quantitative estimate of drug-likeness (QED) is 0.262. The number of ether oxygens (including phenoxy) is 1. The molecule has 0 saturated carbocycles. The van der Waals surface area contributed by atoms with E-state index < -0.39 is 9.84 Å². The van der Waals surface area contributed by atoms with Crippen LogP contribution in [0.1, 0.15) is 12.0 Å². The summed E-state index contributed by atoms with van der Waals surface area (Å²) in [4.78, 5) is 14.0. The molecule has 0 radical (unpaired) electrons. The number of para-hydroxylation sites is 1. The van der Waals surface area contributed by atoms with Crippen molar-refractivity contribution in [1.82, 2.24) is 10.3 Å². The van der Waals surface area contributed by atoms with Gasteiger partial charge in [0, 0.05) is 25.4 Å². The number of aromatic nitrogens is 1. The third kappa shape index (κ3) is 7.63. The van der Waals surface area contributed by atoms with Gasteiger partial charge in [-0.3, -0.25) is 4.79 Å². The van der Waals surface area contributed by atoms with Crippen LogP contribution in [0.5, 0.6) is 5.75 Å². The average molecular weight is 480 g/mol. The summed E-state index contributed by atoms with van der Waals surface area (Å²) in [7, 11) is -3.13. The number of nitrogens with one attached hydrogen (secondary N) is 3. The number of hydrogen-bond acceptors (Lipinski definition) is 8. The zero-order chi connectivity index (χ0) is 22.8. The molecule has 2 aromatic carbocycles. The van der Waals surface area contributed by atoms with E-state index in [1.54, 1.807) is 12.1 Å². The second-order valence-corrected chi connectivity index (χ2v) is 10.7. The number of H-pyrrole nitrogens is 1. The van der Waals surface area contributed by atoms with Crippen LogP contribution >= 0.6 is 11.3 Å². The van der Waals surface area contributed by atoms with E-state index in [9.17, 15) is 18.3 Å². The Kier molecular flexibility index (Phi) is 9.10. The summed E-state index contributed by atoms with van der Waals surface area (Å²) < 4.78 is 30.6. The molecule has 3 aromatic rings. The van der Waals surface area contributed by atoms with Crippen molar-refractivity contribution >= 4 is 37.1 Å². The molecule has 32 heavy (non-hydrogen) atoms. The lowest BCUT2D eigenvalue weighted by molar-refractivity contribution is 0.145. The summed E-state index contributed by atoms with van der Waals surface area (Å²) >= 11 is 1.07. The third-order valence-corrected chi connectivity index (χ3v) is 7.59. The van der Waals surface area contributed by atoms with Gasteiger partial charge in [0.15, 0.2) is 9.84 Å². The molecule has 0 aliphatic rings. The van der Waals surface area contributed by atoms with Gasteiger partial charge in [-0.05, 0) is 43.1 Å². The molecule has 3 rings (SSSR count). The first kappa shape index (κ1) is 24.2. The van der Waals surface area contributed by atoms with Crippen molar-refractivity contribution in [3.8, 4) is 5.75 Å². The fourth-order valence-corrected chi connectivity index (χ4v) is 5.37. The summed E-state index contributed by atoms with van der Waals surface area (Å²) in [6, 6.07) is 13.2. The Bertz CT molecular complexity index is 1140. The summed E-state index contributed by atoms with van der Waals surface area (Å²) in [5, 5.41) is 16.2. The van der Waals surface area contributed by atoms with E-state index in [1.807, 2.05) is 30.3 Å². The first-order valence-electron chi connectivity index (χ1n) is 10.6. The Morgan fingerprint density at radius 1 is 1.00 bits per heavy atom. The molecule has 0 amide bonds. The Morgan fingerprint density at radius 3 is 2.62 bits per heavy atom. The molecule has 8 nitrogen and oxygen atoms in total. The predicted molar refractivity (Wildman–Crippen MR) is 130 cm³/mol. The molecule has 1 aromatic heterocycles. The van der Waals surface area contributed by atoms with E-state index in [0.29, 0.717) is 51.2 Å². The van der Waals surface area contributed by atoms with Crippen LogP contribution in [0.3, 0.4) is 0 Å². The first-order valence-corrected chi connectivity index (χ1v) is 13.2. The number of hydrogen-bond donors (Lipinski definition) is 4. The highest BCUT2D eigenvalue weighted by atomic mass is 32.2. The van der Waals surface area contributed by atoms with Crippen molar-refractivity contribution in [2.24, 2.45) is 0 Å². The molecule has 4 N–H and O–H groups in total. The maximum absolute atomic E-state index is 12.2. The highest BCUT2D eigenvalue weighted by Gasteiger charge is 2.11. The van der Waals surface area contributed by atoms with E-state index in [-0.39, 0.29) is 22.1 Å². The molecule has 0 unspecified atom stereocenters. The van der Waals surface area contributed by atoms with E-state index in [2.05, 4.69) is 15.6 Å².